The molecule has 6 heteroatoms. The molecule has 1 aromatic rings. The summed E-state index contributed by atoms with van der Waals surface area (Å²) in [7, 11) is 0. The molecule has 0 unspecified atom stereocenters. The fraction of sp³-hybridized carbons (Fsp3) is 0.600. The number of carbonyl (C=O) groups is 2. The van der Waals surface area contributed by atoms with Crippen LogP contribution in [0.25, 0.3) is 0 Å². The molecule has 1 saturated heterocycles. The van der Waals surface area contributed by atoms with Crippen LogP contribution in [0.2, 0.25) is 0 Å². The van der Waals surface area contributed by atoms with Gasteiger partial charge in [-0.05, 0) is 39.1 Å². The smallest absolute Gasteiger partial charge is 0.410 e. The molecule has 0 aliphatic carbocycles. The largest absolute Gasteiger partial charge is 0.444 e. The van der Waals surface area contributed by atoms with Gasteiger partial charge in [0.2, 0.25) is 0 Å². The van der Waals surface area contributed by atoms with Crippen LogP contribution < -0.4 is 0 Å². The zero-order chi connectivity index (χ0) is 15.6. The highest BCUT2D eigenvalue weighted by Gasteiger charge is 2.32. The fourth-order valence-corrected chi connectivity index (χ4v) is 2.93. The first-order valence-electron chi connectivity index (χ1n) is 7.09. The molecule has 1 aliphatic heterocycles. The topological polar surface area (TPSA) is 49.9 Å². The highest BCUT2D eigenvalue weighted by atomic mass is 32.1. The Hall–Kier alpha value is -1.56. The second-order valence-corrected chi connectivity index (χ2v) is 7.07. The molecule has 1 aromatic heterocycles. The number of nitrogens with zero attached hydrogens (tertiary/aromatic N) is 2. The molecule has 1 aliphatic rings. The summed E-state index contributed by atoms with van der Waals surface area (Å²) in [6.07, 6.45) is -0.308. The Morgan fingerprint density at radius 3 is 2.57 bits per heavy atom. The Morgan fingerprint density at radius 2 is 2.05 bits per heavy atom. The van der Waals surface area contributed by atoms with E-state index in [4.69, 9.17) is 4.74 Å². The minimum Gasteiger partial charge on any atom is -0.444 e. The van der Waals surface area contributed by atoms with Gasteiger partial charge in [0.1, 0.15) is 5.60 Å². The van der Waals surface area contributed by atoms with Crippen LogP contribution in [-0.2, 0) is 4.74 Å². The maximum absolute atomic E-state index is 12.4. The van der Waals surface area contributed by atoms with E-state index in [1.54, 1.807) is 4.90 Å². The summed E-state index contributed by atoms with van der Waals surface area (Å²) in [5.41, 5.74) is 0.224. The van der Waals surface area contributed by atoms with Crippen molar-refractivity contribution < 1.29 is 14.3 Å². The van der Waals surface area contributed by atoms with Crippen LogP contribution in [-0.4, -0.2) is 53.1 Å². The second-order valence-electron chi connectivity index (χ2n) is 6.29. The third-order valence-electron chi connectivity index (χ3n) is 3.31. The van der Waals surface area contributed by atoms with Crippen LogP contribution in [0.1, 0.15) is 38.1 Å². The van der Waals surface area contributed by atoms with Gasteiger partial charge in [-0.3, -0.25) is 4.79 Å². The lowest BCUT2D eigenvalue weighted by Crippen LogP contribution is -2.56. The van der Waals surface area contributed by atoms with Gasteiger partial charge in [0.15, 0.2) is 0 Å². The maximum atomic E-state index is 12.4. The number of ether oxygens (including phenoxy) is 1. The number of thiophene rings is 1. The van der Waals surface area contributed by atoms with E-state index in [2.05, 4.69) is 0 Å². The van der Waals surface area contributed by atoms with Crippen molar-refractivity contribution in [1.29, 1.82) is 0 Å². The van der Waals surface area contributed by atoms with Gasteiger partial charge in [0.05, 0.1) is 5.56 Å². The third kappa shape index (κ3) is 3.97. The van der Waals surface area contributed by atoms with E-state index in [0.29, 0.717) is 19.6 Å². The SMILES string of the molecule is C[C@H]1CN(C(=O)OC(C)(C)C)CCN1C(=O)c1ccsc1. The van der Waals surface area contributed by atoms with Gasteiger partial charge < -0.3 is 14.5 Å². The predicted molar refractivity (Wildman–Crippen MR) is 82.6 cm³/mol. The van der Waals surface area contributed by atoms with E-state index in [9.17, 15) is 9.59 Å². The summed E-state index contributed by atoms with van der Waals surface area (Å²) in [6.45, 7) is 9.07. The summed E-state index contributed by atoms with van der Waals surface area (Å²) in [5.74, 6) is 0.0348. The lowest BCUT2D eigenvalue weighted by atomic mass is 10.1. The van der Waals surface area contributed by atoms with Gasteiger partial charge in [-0.15, -0.1) is 0 Å². The fourth-order valence-electron chi connectivity index (χ4n) is 2.30. The summed E-state index contributed by atoms with van der Waals surface area (Å²) in [5, 5.41) is 3.75. The van der Waals surface area contributed by atoms with Crippen molar-refractivity contribution in [1.82, 2.24) is 9.80 Å². The lowest BCUT2D eigenvalue weighted by Gasteiger charge is -2.40. The first kappa shape index (κ1) is 15.8. The molecule has 0 bridgehead atoms. The second kappa shape index (κ2) is 6.05. The Morgan fingerprint density at radius 1 is 1.33 bits per heavy atom. The van der Waals surface area contributed by atoms with Gasteiger partial charge in [0, 0.05) is 31.1 Å². The molecule has 1 atom stereocenters. The van der Waals surface area contributed by atoms with Gasteiger partial charge in [-0.2, -0.15) is 11.3 Å². The summed E-state index contributed by atoms with van der Waals surface area (Å²) < 4.78 is 5.38. The van der Waals surface area contributed by atoms with Crippen molar-refractivity contribution in [2.24, 2.45) is 0 Å². The van der Waals surface area contributed by atoms with E-state index in [0.717, 1.165) is 5.56 Å². The third-order valence-corrected chi connectivity index (χ3v) is 3.99. The number of piperazine rings is 1. The number of carbonyl (C=O) groups excluding carboxylic acids is 2. The van der Waals surface area contributed by atoms with Crippen molar-refractivity contribution in [3.05, 3.63) is 22.4 Å². The number of hydrogen-bond acceptors (Lipinski definition) is 4. The zero-order valence-corrected chi connectivity index (χ0v) is 13.8. The molecule has 1 fully saturated rings. The highest BCUT2D eigenvalue weighted by Crippen LogP contribution is 2.18. The van der Waals surface area contributed by atoms with Crippen LogP contribution in [0, 0.1) is 0 Å². The van der Waals surface area contributed by atoms with Crippen molar-refractivity contribution in [2.45, 2.75) is 39.3 Å². The van der Waals surface area contributed by atoms with Crippen molar-refractivity contribution in [3.63, 3.8) is 0 Å². The van der Waals surface area contributed by atoms with E-state index < -0.39 is 5.60 Å². The summed E-state index contributed by atoms with van der Waals surface area (Å²) in [4.78, 5) is 27.9. The highest BCUT2D eigenvalue weighted by molar-refractivity contribution is 7.08. The summed E-state index contributed by atoms with van der Waals surface area (Å²) in [6, 6.07) is 1.82. The molecule has 0 radical (unpaired) electrons. The maximum Gasteiger partial charge on any atom is 0.410 e. The molecule has 116 valence electrons. The summed E-state index contributed by atoms with van der Waals surface area (Å²) >= 11 is 1.51. The molecular formula is C15H22N2O3S. The number of rotatable bonds is 1. The van der Waals surface area contributed by atoms with E-state index in [1.165, 1.54) is 11.3 Å². The predicted octanol–water partition coefficient (Wildman–Crippen LogP) is 2.83. The van der Waals surface area contributed by atoms with E-state index in [-0.39, 0.29) is 18.0 Å². The molecule has 0 spiro atoms. The standard InChI is InChI=1S/C15H22N2O3S/c1-11-9-16(14(19)20-15(2,3)4)6-7-17(11)13(18)12-5-8-21-10-12/h5,8,10-11H,6-7,9H2,1-4H3/t11-/m0/s1. The molecule has 0 aromatic carbocycles. The average molecular weight is 310 g/mol. The molecule has 0 N–H and O–H groups in total. The van der Waals surface area contributed by atoms with Crippen LogP contribution >= 0.6 is 11.3 Å². The van der Waals surface area contributed by atoms with Crippen LogP contribution in [0.3, 0.4) is 0 Å². The molecule has 2 heterocycles. The Kier molecular flexibility index (Phi) is 4.56. The minimum absolute atomic E-state index is 0.0151. The van der Waals surface area contributed by atoms with Crippen LogP contribution in [0.5, 0.6) is 0 Å². The Bertz CT molecular complexity index is 507. The molecule has 2 amide bonds. The molecule has 5 nitrogen and oxygen atoms in total. The Balaban J connectivity index is 1.96. The lowest BCUT2D eigenvalue weighted by molar-refractivity contribution is 0.00618. The molecule has 21 heavy (non-hydrogen) atoms. The normalized spacial score (nSPS) is 19.5. The van der Waals surface area contributed by atoms with E-state index >= 15 is 0 Å². The molecular weight excluding hydrogens is 288 g/mol. The van der Waals surface area contributed by atoms with Gasteiger partial charge in [-0.1, -0.05) is 0 Å². The monoisotopic (exact) mass is 310 g/mol. The van der Waals surface area contributed by atoms with Gasteiger partial charge in [0.25, 0.3) is 5.91 Å². The number of hydrogen-bond donors (Lipinski definition) is 0. The van der Waals surface area contributed by atoms with Crippen molar-refractivity contribution in [2.75, 3.05) is 19.6 Å². The molecule has 0 saturated carbocycles. The van der Waals surface area contributed by atoms with Crippen LogP contribution in [0.4, 0.5) is 4.79 Å². The average Bonchev–Trinajstić information content (AvgIpc) is 2.89. The van der Waals surface area contributed by atoms with Crippen molar-refractivity contribution in [3.8, 4) is 0 Å². The Labute approximate surface area is 129 Å². The minimum atomic E-state index is -0.496. The first-order chi connectivity index (χ1) is 9.78. The van der Waals surface area contributed by atoms with Crippen molar-refractivity contribution >= 4 is 23.3 Å². The van der Waals surface area contributed by atoms with E-state index in [1.807, 2.05) is 49.4 Å². The first-order valence-corrected chi connectivity index (χ1v) is 8.03. The van der Waals surface area contributed by atoms with Crippen LogP contribution in [0.15, 0.2) is 16.8 Å². The van der Waals surface area contributed by atoms with Gasteiger partial charge in [-0.25, -0.2) is 4.79 Å². The quantitative estimate of drug-likeness (QED) is 0.801. The van der Waals surface area contributed by atoms with Gasteiger partial charge >= 0.3 is 6.09 Å². The zero-order valence-electron chi connectivity index (χ0n) is 13.0. The number of amides is 2. The molecule has 2 rings (SSSR count).